The lowest BCUT2D eigenvalue weighted by atomic mass is 10.1. The summed E-state index contributed by atoms with van der Waals surface area (Å²) < 4.78 is 5.62. The second-order valence-corrected chi connectivity index (χ2v) is 5.61. The molecule has 2 fully saturated rings. The first kappa shape index (κ1) is 13.6. The smallest absolute Gasteiger partial charge is 0.251 e. The van der Waals surface area contributed by atoms with Gasteiger partial charge in [-0.2, -0.15) is 0 Å². The van der Waals surface area contributed by atoms with Gasteiger partial charge in [-0.05, 0) is 26.3 Å². The van der Waals surface area contributed by atoms with Gasteiger partial charge in [0.25, 0.3) is 5.91 Å². The predicted octanol–water partition coefficient (Wildman–Crippen LogP) is 0.794. The van der Waals surface area contributed by atoms with E-state index in [0.717, 1.165) is 38.2 Å². The van der Waals surface area contributed by atoms with Crippen molar-refractivity contribution in [3.05, 3.63) is 18.2 Å². The number of H-pyrrole nitrogens is 1. The Balaban J connectivity index is 1.67. The number of amides is 1. The fraction of sp³-hybridized carbons (Fsp3) is 0.714. The Morgan fingerprint density at radius 1 is 1.45 bits per heavy atom. The second-order valence-electron chi connectivity index (χ2n) is 5.61. The maximum atomic E-state index is 12.5. The minimum absolute atomic E-state index is 0.145. The highest BCUT2D eigenvalue weighted by Gasteiger charge is 2.33. The average Bonchev–Trinajstić information content (AvgIpc) is 3.02. The first-order valence-corrected chi connectivity index (χ1v) is 7.35. The normalized spacial score (nSPS) is 28.6. The molecule has 2 saturated heterocycles. The molecule has 0 radical (unpaired) electrons. The highest BCUT2D eigenvalue weighted by molar-refractivity contribution is 5.81. The van der Waals surface area contributed by atoms with E-state index in [-0.39, 0.29) is 18.1 Å². The number of carbonyl (C=O) groups excluding carboxylic acids is 1. The lowest BCUT2D eigenvalue weighted by Crippen LogP contribution is -2.52. The molecule has 0 unspecified atom stereocenters. The maximum Gasteiger partial charge on any atom is 0.251 e. The first-order chi connectivity index (χ1) is 9.75. The summed E-state index contributed by atoms with van der Waals surface area (Å²) in [6.45, 7) is 3.03. The number of rotatable bonds is 2. The van der Waals surface area contributed by atoms with Crippen molar-refractivity contribution >= 4 is 5.91 Å². The van der Waals surface area contributed by atoms with Crippen molar-refractivity contribution in [2.45, 2.75) is 31.4 Å². The lowest BCUT2D eigenvalue weighted by molar-refractivity contribution is -0.149. The molecule has 6 heteroatoms. The molecule has 0 bridgehead atoms. The van der Waals surface area contributed by atoms with E-state index >= 15 is 0 Å². The summed E-state index contributed by atoms with van der Waals surface area (Å²) in [7, 11) is 2.08. The molecule has 20 heavy (non-hydrogen) atoms. The monoisotopic (exact) mass is 278 g/mol. The maximum absolute atomic E-state index is 12.5. The fourth-order valence-electron chi connectivity index (χ4n) is 2.97. The topological polar surface area (TPSA) is 61.5 Å². The van der Waals surface area contributed by atoms with Crippen LogP contribution in [-0.4, -0.2) is 65.1 Å². The molecule has 3 heterocycles. The van der Waals surface area contributed by atoms with E-state index in [1.807, 2.05) is 11.1 Å². The van der Waals surface area contributed by atoms with Crippen LogP contribution in [0.25, 0.3) is 0 Å². The van der Waals surface area contributed by atoms with Crippen LogP contribution in [0.5, 0.6) is 0 Å². The number of carbonyl (C=O) groups is 1. The molecule has 2 atom stereocenters. The first-order valence-electron chi connectivity index (χ1n) is 7.35. The molecule has 2 aliphatic heterocycles. The van der Waals surface area contributed by atoms with Gasteiger partial charge in [0.15, 0.2) is 0 Å². The van der Waals surface area contributed by atoms with Crippen LogP contribution < -0.4 is 0 Å². The molecule has 1 aromatic rings. The molecular formula is C14H22N4O2. The number of hydrogen-bond donors (Lipinski definition) is 1. The minimum atomic E-state index is -0.232. The van der Waals surface area contributed by atoms with Crippen LogP contribution in [0, 0.1) is 0 Å². The van der Waals surface area contributed by atoms with Crippen molar-refractivity contribution in [3.63, 3.8) is 0 Å². The molecule has 110 valence electrons. The summed E-state index contributed by atoms with van der Waals surface area (Å²) in [4.78, 5) is 24.2. The summed E-state index contributed by atoms with van der Waals surface area (Å²) in [6.07, 6.45) is 6.37. The number of aromatic amines is 1. The van der Waals surface area contributed by atoms with Crippen molar-refractivity contribution < 1.29 is 9.53 Å². The summed E-state index contributed by atoms with van der Waals surface area (Å²) in [6, 6.07) is 0.145. The van der Waals surface area contributed by atoms with Crippen LogP contribution in [0.3, 0.4) is 0 Å². The van der Waals surface area contributed by atoms with Gasteiger partial charge in [0.05, 0.1) is 6.04 Å². The molecule has 0 spiro atoms. The van der Waals surface area contributed by atoms with E-state index < -0.39 is 0 Å². The zero-order chi connectivity index (χ0) is 13.9. The molecule has 1 N–H and O–H groups in total. The Hall–Kier alpha value is -1.40. The zero-order valence-electron chi connectivity index (χ0n) is 11.9. The summed E-state index contributed by atoms with van der Waals surface area (Å²) in [5, 5.41) is 0. The van der Waals surface area contributed by atoms with E-state index in [4.69, 9.17) is 4.74 Å². The molecule has 2 aliphatic rings. The van der Waals surface area contributed by atoms with Crippen LogP contribution in [0.15, 0.2) is 12.4 Å². The van der Waals surface area contributed by atoms with Gasteiger partial charge in [-0.1, -0.05) is 0 Å². The summed E-state index contributed by atoms with van der Waals surface area (Å²) in [5.74, 6) is 1.07. The van der Waals surface area contributed by atoms with Gasteiger partial charge < -0.3 is 14.6 Å². The van der Waals surface area contributed by atoms with E-state index in [1.54, 1.807) is 6.20 Å². The highest BCUT2D eigenvalue weighted by Crippen LogP contribution is 2.23. The molecule has 6 nitrogen and oxygen atoms in total. The van der Waals surface area contributed by atoms with Crippen LogP contribution in [0.1, 0.15) is 31.1 Å². The van der Waals surface area contributed by atoms with Gasteiger partial charge in [0.1, 0.15) is 11.9 Å². The Bertz CT molecular complexity index is 442. The number of likely N-dealkylation sites (N-methyl/N-ethyl adjacent to an activating group) is 1. The van der Waals surface area contributed by atoms with Gasteiger partial charge in [0.2, 0.25) is 0 Å². The van der Waals surface area contributed by atoms with Gasteiger partial charge in [-0.25, -0.2) is 4.98 Å². The molecule has 0 saturated carbocycles. The quantitative estimate of drug-likeness (QED) is 0.869. The zero-order valence-corrected chi connectivity index (χ0v) is 11.9. The number of hydrogen-bond acceptors (Lipinski definition) is 4. The summed E-state index contributed by atoms with van der Waals surface area (Å²) in [5.41, 5.74) is 0. The van der Waals surface area contributed by atoms with Gasteiger partial charge >= 0.3 is 0 Å². The predicted molar refractivity (Wildman–Crippen MR) is 74.1 cm³/mol. The molecule has 0 aliphatic carbocycles. The van der Waals surface area contributed by atoms with Crippen molar-refractivity contribution in [2.75, 3.05) is 33.3 Å². The number of imidazole rings is 1. The van der Waals surface area contributed by atoms with Crippen molar-refractivity contribution in [3.8, 4) is 0 Å². The van der Waals surface area contributed by atoms with Gasteiger partial charge in [-0.3, -0.25) is 9.69 Å². The van der Waals surface area contributed by atoms with E-state index in [1.165, 1.54) is 0 Å². The van der Waals surface area contributed by atoms with Crippen molar-refractivity contribution in [1.29, 1.82) is 0 Å². The second kappa shape index (κ2) is 5.93. The van der Waals surface area contributed by atoms with Crippen LogP contribution in [-0.2, 0) is 9.53 Å². The number of aromatic nitrogens is 2. The number of nitrogens with zero attached hydrogens (tertiary/aromatic N) is 3. The van der Waals surface area contributed by atoms with Crippen LogP contribution in [0.2, 0.25) is 0 Å². The Labute approximate surface area is 119 Å². The summed E-state index contributed by atoms with van der Waals surface area (Å²) >= 11 is 0. The largest absolute Gasteiger partial charge is 0.368 e. The number of piperazine rings is 1. The molecule has 1 amide bonds. The van der Waals surface area contributed by atoms with E-state index in [2.05, 4.69) is 21.9 Å². The highest BCUT2D eigenvalue weighted by atomic mass is 16.5. The lowest BCUT2D eigenvalue weighted by Gasteiger charge is -2.40. The Morgan fingerprint density at radius 2 is 2.35 bits per heavy atom. The van der Waals surface area contributed by atoms with E-state index in [9.17, 15) is 4.79 Å². The minimum Gasteiger partial charge on any atom is -0.368 e. The molecule has 0 aromatic carbocycles. The Kier molecular flexibility index (Phi) is 4.03. The molecule has 1 aromatic heterocycles. The SMILES string of the molecule is CN1CCN(C(=O)[C@H]2CCCCO2)C[C@H]1c1ncc[nH]1. The Morgan fingerprint density at radius 3 is 3.05 bits per heavy atom. The third-order valence-electron chi connectivity index (χ3n) is 4.25. The number of ether oxygens (including phenoxy) is 1. The van der Waals surface area contributed by atoms with Crippen LogP contribution in [0.4, 0.5) is 0 Å². The average molecular weight is 278 g/mol. The fourth-order valence-corrected chi connectivity index (χ4v) is 2.97. The molecular weight excluding hydrogens is 256 g/mol. The van der Waals surface area contributed by atoms with Gasteiger partial charge in [-0.15, -0.1) is 0 Å². The molecule has 3 rings (SSSR count). The number of nitrogens with one attached hydrogen (secondary N) is 1. The van der Waals surface area contributed by atoms with E-state index in [0.29, 0.717) is 13.2 Å². The van der Waals surface area contributed by atoms with Gasteiger partial charge in [0, 0.05) is 38.6 Å². The van der Waals surface area contributed by atoms with Crippen molar-refractivity contribution in [2.24, 2.45) is 0 Å². The third kappa shape index (κ3) is 2.71. The standard InChI is InChI=1S/C14H22N4O2/c1-17-7-8-18(10-11(17)13-15-5-6-16-13)14(19)12-4-2-3-9-20-12/h5-6,11-12H,2-4,7-10H2,1H3,(H,15,16)/t11-,12+/m0/s1. The van der Waals surface area contributed by atoms with Crippen LogP contribution >= 0.6 is 0 Å². The third-order valence-corrected chi connectivity index (χ3v) is 4.25. The van der Waals surface area contributed by atoms with Crippen molar-refractivity contribution in [1.82, 2.24) is 19.8 Å².